The Morgan fingerprint density at radius 3 is 2.90 bits per heavy atom. The lowest BCUT2D eigenvalue weighted by Crippen LogP contribution is -2.27. The lowest BCUT2D eigenvalue weighted by molar-refractivity contribution is 0.609. The highest BCUT2D eigenvalue weighted by atomic mass is 15.0. The van der Waals surface area contributed by atoms with Gasteiger partial charge >= 0.3 is 0 Å². The Labute approximate surface area is 126 Å². The van der Waals surface area contributed by atoms with Gasteiger partial charge in [0.05, 0.1) is 11.4 Å². The molecule has 21 heavy (non-hydrogen) atoms. The van der Waals surface area contributed by atoms with Crippen LogP contribution in [0.25, 0.3) is 11.4 Å². The molecular weight excluding hydrogens is 260 g/mol. The first-order chi connectivity index (χ1) is 10.2. The van der Waals surface area contributed by atoms with Gasteiger partial charge in [-0.15, -0.1) is 0 Å². The highest BCUT2D eigenvalue weighted by Gasteiger charge is 2.20. The normalized spacial score (nSPS) is 14.3. The van der Waals surface area contributed by atoms with Crippen molar-refractivity contribution in [1.29, 1.82) is 0 Å². The summed E-state index contributed by atoms with van der Waals surface area (Å²) in [5.41, 5.74) is 6.02. The molecule has 2 aromatic heterocycles. The zero-order valence-electron chi connectivity index (χ0n) is 13.0. The van der Waals surface area contributed by atoms with Crippen LogP contribution in [0.4, 0.5) is 0 Å². The van der Waals surface area contributed by atoms with E-state index >= 15 is 0 Å². The van der Waals surface area contributed by atoms with Crippen molar-refractivity contribution in [3.8, 4) is 11.4 Å². The molecule has 0 aromatic carbocycles. The van der Waals surface area contributed by atoms with E-state index in [0.29, 0.717) is 5.92 Å². The minimum absolute atomic E-state index is 0.410. The van der Waals surface area contributed by atoms with Crippen molar-refractivity contribution in [3.05, 3.63) is 41.0 Å². The van der Waals surface area contributed by atoms with Crippen LogP contribution < -0.4 is 5.32 Å². The van der Waals surface area contributed by atoms with Gasteiger partial charge in [0.1, 0.15) is 0 Å². The predicted octanol–water partition coefficient (Wildman–Crippen LogP) is 2.87. The van der Waals surface area contributed by atoms with E-state index in [-0.39, 0.29) is 0 Å². The van der Waals surface area contributed by atoms with Crippen LogP contribution in [-0.4, -0.2) is 21.5 Å². The zero-order valence-corrected chi connectivity index (χ0v) is 13.0. The van der Waals surface area contributed by atoms with Gasteiger partial charge in [-0.1, -0.05) is 20.8 Å². The van der Waals surface area contributed by atoms with Gasteiger partial charge in [0, 0.05) is 43.0 Å². The lowest BCUT2D eigenvalue weighted by atomic mass is 9.97. The van der Waals surface area contributed by atoms with E-state index < -0.39 is 0 Å². The number of hydrogen-bond donors (Lipinski definition) is 1. The number of nitrogens with zero attached hydrogens (tertiary/aromatic N) is 3. The molecule has 3 heterocycles. The number of aryl methyl sites for hydroxylation is 1. The third kappa shape index (κ3) is 2.68. The first kappa shape index (κ1) is 14.1. The molecule has 0 fully saturated rings. The number of aromatic nitrogens is 3. The topological polar surface area (TPSA) is 50.7 Å². The van der Waals surface area contributed by atoms with Crippen molar-refractivity contribution in [3.63, 3.8) is 0 Å². The first-order valence-corrected chi connectivity index (χ1v) is 7.74. The van der Waals surface area contributed by atoms with Crippen molar-refractivity contribution < 1.29 is 0 Å². The van der Waals surface area contributed by atoms with Gasteiger partial charge in [-0.25, -0.2) is 9.97 Å². The Bertz CT molecular complexity index is 649. The van der Waals surface area contributed by atoms with Gasteiger partial charge in [0.2, 0.25) is 0 Å². The molecule has 2 aromatic rings. The molecule has 3 rings (SSSR count). The molecule has 0 spiro atoms. The molecule has 1 aliphatic rings. The Hall–Kier alpha value is -1.81. The Balaban J connectivity index is 2.17. The molecule has 0 amide bonds. The average molecular weight is 282 g/mol. The Morgan fingerprint density at radius 1 is 1.29 bits per heavy atom. The summed E-state index contributed by atoms with van der Waals surface area (Å²) in [6, 6.07) is 2.03. The van der Waals surface area contributed by atoms with Crippen LogP contribution in [0.2, 0.25) is 0 Å². The van der Waals surface area contributed by atoms with Crippen LogP contribution >= 0.6 is 0 Å². The molecule has 110 valence electrons. The van der Waals surface area contributed by atoms with Crippen molar-refractivity contribution >= 4 is 0 Å². The fraction of sp³-hybridized carbons (Fsp3) is 0.471. The van der Waals surface area contributed by atoms with Crippen LogP contribution in [0.15, 0.2) is 18.5 Å². The summed E-state index contributed by atoms with van der Waals surface area (Å²) in [6.07, 6.45) is 5.68. The van der Waals surface area contributed by atoms with Crippen LogP contribution in [0.3, 0.4) is 0 Å². The monoisotopic (exact) mass is 282 g/mol. The molecule has 1 aliphatic heterocycles. The van der Waals surface area contributed by atoms with Gasteiger partial charge in [-0.05, 0) is 24.0 Å². The third-order valence-electron chi connectivity index (χ3n) is 4.04. The second-order valence-electron chi connectivity index (χ2n) is 5.83. The van der Waals surface area contributed by atoms with E-state index in [9.17, 15) is 0 Å². The molecule has 0 saturated heterocycles. The van der Waals surface area contributed by atoms with E-state index in [2.05, 4.69) is 31.1 Å². The highest BCUT2D eigenvalue weighted by Crippen LogP contribution is 2.27. The average Bonchev–Trinajstić information content (AvgIpc) is 2.53. The summed E-state index contributed by atoms with van der Waals surface area (Å²) < 4.78 is 0. The van der Waals surface area contributed by atoms with Crippen molar-refractivity contribution in [2.45, 2.75) is 46.1 Å². The maximum atomic E-state index is 4.89. The standard InChI is InChI=1S/C17H22N4/c1-4-12-9-18-7-5-13(12)17-20-15-6-8-19-10-14(15)16(21-17)11(2)3/h5,7,9,11,19H,4,6,8,10H2,1-3H3. The predicted molar refractivity (Wildman–Crippen MR) is 84.1 cm³/mol. The number of hydrogen-bond acceptors (Lipinski definition) is 4. The summed E-state index contributed by atoms with van der Waals surface area (Å²) in [5.74, 6) is 1.27. The fourth-order valence-corrected chi connectivity index (χ4v) is 2.89. The molecule has 4 heteroatoms. The summed E-state index contributed by atoms with van der Waals surface area (Å²) in [4.78, 5) is 14.0. The van der Waals surface area contributed by atoms with Crippen molar-refractivity contribution in [2.24, 2.45) is 0 Å². The van der Waals surface area contributed by atoms with Gasteiger partial charge in [0.15, 0.2) is 5.82 Å². The largest absolute Gasteiger partial charge is 0.312 e. The fourth-order valence-electron chi connectivity index (χ4n) is 2.89. The Morgan fingerprint density at radius 2 is 2.14 bits per heavy atom. The van der Waals surface area contributed by atoms with E-state index in [4.69, 9.17) is 9.97 Å². The van der Waals surface area contributed by atoms with Crippen LogP contribution in [0.5, 0.6) is 0 Å². The summed E-state index contributed by atoms with van der Waals surface area (Å²) >= 11 is 0. The summed E-state index contributed by atoms with van der Waals surface area (Å²) in [7, 11) is 0. The molecule has 0 aliphatic carbocycles. The quantitative estimate of drug-likeness (QED) is 0.940. The second-order valence-corrected chi connectivity index (χ2v) is 5.83. The number of pyridine rings is 1. The van der Waals surface area contributed by atoms with Crippen molar-refractivity contribution in [2.75, 3.05) is 6.54 Å². The van der Waals surface area contributed by atoms with Gasteiger partial charge in [-0.3, -0.25) is 4.98 Å². The number of rotatable bonds is 3. The number of fused-ring (bicyclic) bond motifs is 1. The summed E-state index contributed by atoms with van der Waals surface area (Å²) in [6.45, 7) is 8.44. The van der Waals surface area contributed by atoms with Gasteiger partial charge < -0.3 is 5.32 Å². The smallest absolute Gasteiger partial charge is 0.160 e. The molecule has 1 N–H and O–H groups in total. The van der Waals surface area contributed by atoms with E-state index in [0.717, 1.165) is 37.3 Å². The van der Waals surface area contributed by atoms with Crippen molar-refractivity contribution in [1.82, 2.24) is 20.3 Å². The van der Waals surface area contributed by atoms with Gasteiger partial charge in [-0.2, -0.15) is 0 Å². The molecule has 4 nitrogen and oxygen atoms in total. The minimum atomic E-state index is 0.410. The molecule has 0 saturated carbocycles. The molecule has 0 bridgehead atoms. The van der Waals surface area contributed by atoms with Gasteiger partial charge in [0.25, 0.3) is 0 Å². The lowest BCUT2D eigenvalue weighted by Gasteiger charge is -2.22. The summed E-state index contributed by atoms with van der Waals surface area (Å²) in [5, 5.41) is 3.43. The molecular formula is C17H22N4. The second kappa shape index (κ2) is 5.90. The molecule has 0 radical (unpaired) electrons. The highest BCUT2D eigenvalue weighted by molar-refractivity contribution is 5.60. The first-order valence-electron chi connectivity index (χ1n) is 7.74. The van der Waals surface area contributed by atoms with E-state index in [1.54, 1.807) is 0 Å². The Kier molecular flexibility index (Phi) is 3.97. The number of nitrogens with one attached hydrogen (secondary N) is 1. The maximum absolute atomic E-state index is 4.89. The van der Waals surface area contributed by atoms with Crippen LogP contribution in [-0.2, 0) is 19.4 Å². The SMILES string of the molecule is CCc1cnccc1-c1nc2c(c(C(C)C)n1)CNCC2. The zero-order chi connectivity index (χ0) is 14.8. The van der Waals surface area contributed by atoms with E-state index in [1.165, 1.54) is 22.5 Å². The van der Waals surface area contributed by atoms with E-state index in [1.807, 2.05) is 18.5 Å². The minimum Gasteiger partial charge on any atom is -0.312 e. The van der Waals surface area contributed by atoms with Crippen LogP contribution in [0.1, 0.15) is 49.2 Å². The maximum Gasteiger partial charge on any atom is 0.160 e. The van der Waals surface area contributed by atoms with Crippen LogP contribution in [0, 0.1) is 0 Å². The molecule has 0 atom stereocenters. The molecule has 0 unspecified atom stereocenters. The third-order valence-corrected chi connectivity index (χ3v) is 4.04.